The zero-order valence-electron chi connectivity index (χ0n) is 11.2. The Kier molecular flexibility index (Phi) is 4.74. The van der Waals surface area contributed by atoms with Crippen LogP contribution in [-0.4, -0.2) is 9.78 Å². The van der Waals surface area contributed by atoms with Crippen molar-refractivity contribution in [3.05, 3.63) is 51.8 Å². The summed E-state index contributed by atoms with van der Waals surface area (Å²) in [7, 11) is 0. The molecule has 2 aromatic rings. The number of benzene rings is 1. The molecule has 0 aliphatic rings. The highest BCUT2D eigenvalue weighted by Gasteiger charge is 2.17. The largest absolute Gasteiger partial charge is 0.271 e. The van der Waals surface area contributed by atoms with Crippen LogP contribution in [0.15, 0.2) is 34.8 Å². The molecule has 19 heavy (non-hydrogen) atoms. The van der Waals surface area contributed by atoms with Crippen molar-refractivity contribution < 1.29 is 0 Å². The molecule has 1 atom stereocenters. The number of halogens is 1. The third-order valence-electron chi connectivity index (χ3n) is 3.25. The van der Waals surface area contributed by atoms with Gasteiger partial charge in [-0.25, -0.2) is 0 Å². The van der Waals surface area contributed by atoms with Gasteiger partial charge in [-0.3, -0.25) is 16.0 Å². The number of hydrogen-bond acceptors (Lipinski definition) is 3. The first-order valence-corrected chi connectivity index (χ1v) is 7.19. The molecule has 0 radical (unpaired) electrons. The van der Waals surface area contributed by atoms with E-state index in [-0.39, 0.29) is 6.04 Å². The molecular formula is C14H19BrN4. The van der Waals surface area contributed by atoms with Gasteiger partial charge < -0.3 is 0 Å². The SMILES string of the molecule is CCn1nc(C)c(Br)c1CC(NN)c1ccccc1. The van der Waals surface area contributed by atoms with Crippen molar-refractivity contribution in [3.8, 4) is 0 Å². The zero-order valence-corrected chi connectivity index (χ0v) is 12.8. The van der Waals surface area contributed by atoms with E-state index in [4.69, 9.17) is 5.84 Å². The molecule has 0 spiro atoms. The average Bonchev–Trinajstić information content (AvgIpc) is 2.72. The van der Waals surface area contributed by atoms with Crippen LogP contribution in [0.4, 0.5) is 0 Å². The molecule has 1 aromatic carbocycles. The molecule has 0 aliphatic heterocycles. The number of nitrogens with one attached hydrogen (secondary N) is 1. The first-order valence-electron chi connectivity index (χ1n) is 6.40. The molecule has 0 saturated heterocycles. The molecule has 3 N–H and O–H groups in total. The molecule has 1 aromatic heterocycles. The lowest BCUT2D eigenvalue weighted by Crippen LogP contribution is -2.30. The highest BCUT2D eigenvalue weighted by molar-refractivity contribution is 9.10. The minimum absolute atomic E-state index is 0.0823. The van der Waals surface area contributed by atoms with Gasteiger partial charge >= 0.3 is 0 Å². The number of nitrogens with two attached hydrogens (primary N) is 1. The molecule has 0 saturated carbocycles. The highest BCUT2D eigenvalue weighted by atomic mass is 79.9. The van der Waals surface area contributed by atoms with E-state index in [9.17, 15) is 0 Å². The van der Waals surface area contributed by atoms with Crippen molar-refractivity contribution in [2.24, 2.45) is 5.84 Å². The predicted octanol–water partition coefficient (Wildman–Crippen LogP) is 2.72. The lowest BCUT2D eigenvalue weighted by Gasteiger charge is -2.17. The summed E-state index contributed by atoms with van der Waals surface area (Å²) in [4.78, 5) is 0. The summed E-state index contributed by atoms with van der Waals surface area (Å²) in [6, 6.07) is 10.3. The summed E-state index contributed by atoms with van der Waals surface area (Å²) in [5, 5.41) is 4.51. The predicted molar refractivity (Wildman–Crippen MR) is 80.5 cm³/mol. The molecular weight excluding hydrogens is 304 g/mol. The van der Waals surface area contributed by atoms with E-state index in [0.29, 0.717) is 0 Å². The van der Waals surface area contributed by atoms with Gasteiger partial charge in [0.2, 0.25) is 0 Å². The van der Waals surface area contributed by atoms with Crippen molar-refractivity contribution in [2.45, 2.75) is 32.9 Å². The molecule has 1 unspecified atom stereocenters. The molecule has 1 heterocycles. The minimum atomic E-state index is 0.0823. The number of aryl methyl sites for hydroxylation is 2. The smallest absolute Gasteiger partial charge is 0.0738 e. The second-order valence-electron chi connectivity index (χ2n) is 4.50. The number of aromatic nitrogens is 2. The van der Waals surface area contributed by atoms with Gasteiger partial charge in [0.1, 0.15) is 0 Å². The van der Waals surface area contributed by atoms with Crippen molar-refractivity contribution in [1.29, 1.82) is 0 Å². The van der Waals surface area contributed by atoms with Gasteiger partial charge in [0.15, 0.2) is 0 Å². The first-order chi connectivity index (χ1) is 9.17. The molecule has 0 fully saturated rings. The summed E-state index contributed by atoms with van der Waals surface area (Å²) in [6.07, 6.45) is 0.801. The third-order valence-corrected chi connectivity index (χ3v) is 4.28. The fraction of sp³-hybridized carbons (Fsp3) is 0.357. The van der Waals surface area contributed by atoms with Gasteiger partial charge in [-0.2, -0.15) is 5.10 Å². The number of hydrazine groups is 1. The second-order valence-corrected chi connectivity index (χ2v) is 5.29. The monoisotopic (exact) mass is 322 g/mol. The van der Waals surface area contributed by atoms with Gasteiger partial charge in [0.25, 0.3) is 0 Å². The van der Waals surface area contributed by atoms with Crippen LogP contribution in [0.1, 0.15) is 29.9 Å². The van der Waals surface area contributed by atoms with E-state index in [1.165, 1.54) is 11.3 Å². The van der Waals surface area contributed by atoms with Gasteiger partial charge in [0.05, 0.1) is 21.9 Å². The van der Waals surface area contributed by atoms with E-state index < -0.39 is 0 Å². The van der Waals surface area contributed by atoms with Crippen molar-refractivity contribution in [1.82, 2.24) is 15.2 Å². The lowest BCUT2D eigenvalue weighted by molar-refractivity contribution is 0.516. The van der Waals surface area contributed by atoms with Crippen molar-refractivity contribution in [3.63, 3.8) is 0 Å². The highest BCUT2D eigenvalue weighted by Crippen LogP contribution is 2.26. The zero-order chi connectivity index (χ0) is 13.8. The van der Waals surface area contributed by atoms with Crippen molar-refractivity contribution >= 4 is 15.9 Å². The Balaban J connectivity index is 2.29. The minimum Gasteiger partial charge on any atom is -0.271 e. The van der Waals surface area contributed by atoms with Crippen LogP contribution in [0.3, 0.4) is 0 Å². The molecule has 5 heteroatoms. The fourth-order valence-electron chi connectivity index (χ4n) is 2.22. The van der Waals surface area contributed by atoms with E-state index in [1.807, 2.05) is 29.8 Å². The van der Waals surface area contributed by atoms with Crippen LogP contribution in [-0.2, 0) is 13.0 Å². The second kappa shape index (κ2) is 6.32. The quantitative estimate of drug-likeness (QED) is 0.657. The standard InChI is InChI=1S/C14H19BrN4/c1-3-19-13(14(15)10(2)18-19)9-12(17-16)11-7-5-4-6-8-11/h4-8,12,17H,3,9,16H2,1-2H3. The summed E-state index contributed by atoms with van der Waals surface area (Å²) in [5.74, 6) is 5.71. The number of rotatable bonds is 5. The Morgan fingerprint density at radius 3 is 2.63 bits per heavy atom. The van der Waals surface area contributed by atoms with E-state index >= 15 is 0 Å². The molecule has 102 valence electrons. The maximum atomic E-state index is 5.71. The fourth-order valence-corrected chi connectivity index (χ4v) is 2.66. The summed E-state index contributed by atoms with van der Waals surface area (Å²) in [6.45, 7) is 4.96. The van der Waals surface area contributed by atoms with Crippen molar-refractivity contribution in [2.75, 3.05) is 0 Å². The van der Waals surface area contributed by atoms with Crippen LogP contribution in [0.2, 0.25) is 0 Å². The molecule has 0 amide bonds. The molecule has 4 nitrogen and oxygen atoms in total. The summed E-state index contributed by atoms with van der Waals surface area (Å²) in [5.41, 5.74) is 6.26. The Morgan fingerprint density at radius 2 is 2.05 bits per heavy atom. The first kappa shape index (κ1) is 14.2. The van der Waals surface area contributed by atoms with Gasteiger partial charge in [0, 0.05) is 13.0 Å². The van der Waals surface area contributed by atoms with E-state index in [0.717, 1.165) is 23.1 Å². The summed E-state index contributed by atoms with van der Waals surface area (Å²) >= 11 is 3.62. The maximum absolute atomic E-state index is 5.71. The van der Waals surface area contributed by atoms with Crippen LogP contribution in [0.25, 0.3) is 0 Å². The molecule has 0 bridgehead atoms. The maximum Gasteiger partial charge on any atom is 0.0738 e. The lowest BCUT2D eigenvalue weighted by atomic mass is 10.0. The van der Waals surface area contributed by atoms with Crippen LogP contribution < -0.4 is 11.3 Å². The Hall–Kier alpha value is -1.17. The number of nitrogens with zero attached hydrogens (tertiary/aromatic N) is 2. The number of hydrogen-bond donors (Lipinski definition) is 2. The van der Waals surface area contributed by atoms with Crippen LogP contribution in [0, 0.1) is 6.92 Å². The average molecular weight is 323 g/mol. The van der Waals surface area contributed by atoms with E-state index in [1.54, 1.807) is 0 Å². The summed E-state index contributed by atoms with van der Waals surface area (Å²) < 4.78 is 3.10. The van der Waals surface area contributed by atoms with Crippen LogP contribution in [0.5, 0.6) is 0 Å². The van der Waals surface area contributed by atoms with Gasteiger partial charge in [-0.1, -0.05) is 30.3 Å². The van der Waals surface area contributed by atoms with Gasteiger partial charge in [-0.15, -0.1) is 0 Å². The molecule has 2 rings (SSSR count). The Morgan fingerprint density at radius 1 is 1.37 bits per heavy atom. The van der Waals surface area contributed by atoms with Crippen LogP contribution >= 0.6 is 15.9 Å². The van der Waals surface area contributed by atoms with Gasteiger partial charge in [-0.05, 0) is 35.3 Å². The molecule has 0 aliphatic carbocycles. The Labute approximate surface area is 122 Å². The topological polar surface area (TPSA) is 55.9 Å². The third kappa shape index (κ3) is 3.05. The normalized spacial score (nSPS) is 12.6. The van der Waals surface area contributed by atoms with E-state index in [2.05, 4.69) is 45.5 Å². The Bertz CT molecular complexity index is 536.